The molecule has 0 spiro atoms. The Hall–Kier alpha value is -1.79. The van der Waals surface area contributed by atoms with Gasteiger partial charge in [0.05, 0.1) is 25.8 Å². The zero-order valence-electron chi connectivity index (χ0n) is 15.2. The molecule has 3 rings (SSSR count). The molecule has 0 radical (unpaired) electrons. The van der Waals surface area contributed by atoms with Gasteiger partial charge in [0.15, 0.2) is 11.5 Å². The van der Waals surface area contributed by atoms with Crippen LogP contribution >= 0.6 is 0 Å². The van der Waals surface area contributed by atoms with E-state index in [2.05, 4.69) is 29.4 Å². The van der Waals surface area contributed by atoms with Crippen molar-refractivity contribution in [3.63, 3.8) is 0 Å². The molecule has 1 aromatic rings. The lowest BCUT2D eigenvalue weighted by Crippen LogP contribution is -2.48. The van der Waals surface area contributed by atoms with E-state index < -0.39 is 0 Å². The summed E-state index contributed by atoms with van der Waals surface area (Å²) in [7, 11) is 0. The van der Waals surface area contributed by atoms with Gasteiger partial charge in [0.1, 0.15) is 0 Å². The summed E-state index contributed by atoms with van der Waals surface area (Å²) in [5.74, 6) is 1.93. The van der Waals surface area contributed by atoms with Crippen LogP contribution in [0.1, 0.15) is 31.9 Å². The monoisotopic (exact) mass is 347 g/mol. The first-order chi connectivity index (χ1) is 12.1. The minimum atomic E-state index is -0.0347. The van der Waals surface area contributed by atoms with E-state index >= 15 is 0 Å². The number of nitrogens with zero attached hydrogens (tertiary/aromatic N) is 1. The van der Waals surface area contributed by atoms with Crippen LogP contribution in [0.3, 0.4) is 0 Å². The van der Waals surface area contributed by atoms with E-state index in [-0.39, 0.29) is 17.9 Å². The quantitative estimate of drug-likeness (QED) is 0.846. The summed E-state index contributed by atoms with van der Waals surface area (Å²) >= 11 is 0. The van der Waals surface area contributed by atoms with Crippen molar-refractivity contribution < 1.29 is 14.3 Å². The average Bonchev–Trinajstić information content (AvgIpc) is 2.85. The highest BCUT2D eigenvalue weighted by atomic mass is 16.5. The van der Waals surface area contributed by atoms with Crippen molar-refractivity contribution in [2.75, 3.05) is 45.9 Å². The molecule has 1 aromatic carbocycles. The number of carbonyl (C=O) groups excluding carboxylic acids is 1. The Balaban J connectivity index is 1.68. The summed E-state index contributed by atoms with van der Waals surface area (Å²) in [4.78, 5) is 14.7. The number of benzene rings is 1. The first kappa shape index (κ1) is 18.0. The molecule has 0 aliphatic carbocycles. The van der Waals surface area contributed by atoms with Crippen molar-refractivity contribution >= 4 is 5.91 Å². The summed E-state index contributed by atoms with van der Waals surface area (Å²) in [5.41, 5.74) is 1.06. The summed E-state index contributed by atoms with van der Waals surface area (Å²) < 4.78 is 11.5. The highest BCUT2D eigenvalue weighted by Crippen LogP contribution is 2.34. The maximum Gasteiger partial charge on any atom is 0.234 e. The fraction of sp³-hybridized carbons (Fsp3) is 0.632. The van der Waals surface area contributed by atoms with Crippen molar-refractivity contribution in [2.24, 2.45) is 5.92 Å². The molecule has 1 atom stereocenters. The van der Waals surface area contributed by atoms with Crippen LogP contribution in [0.15, 0.2) is 18.2 Å². The second-order valence-corrected chi connectivity index (χ2v) is 7.07. The van der Waals surface area contributed by atoms with E-state index in [0.717, 1.165) is 49.7 Å². The Morgan fingerprint density at radius 1 is 1.20 bits per heavy atom. The second-order valence-electron chi connectivity index (χ2n) is 7.07. The Labute approximate surface area is 149 Å². The number of carbonyl (C=O) groups is 1. The molecule has 1 unspecified atom stereocenters. The predicted molar refractivity (Wildman–Crippen MR) is 97.1 cm³/mol. The van der Waals surface area contributed by atoms with Gasteiger partial charge in [-0.05, 0) is 23.6 Å². The van der Waals surface area contributed by atoms with Gasteiger partial charge in [-0.1, -0.05) is 19.9 Å². The lowest BCUT2D eigenvalue weighted by Gasteiger charge is -2.29. The third kappa shape index (κ3) is 4.86. The van der Waals surface area contributed by atoms with E-state index in [4.69, 9.17) is 9.47 Å². The van der Waals surface area contributed by atoms with Crippen LogP contribution in [0.5, 0.6) is 11.5 Å². The van der Waals surface area contributed by atoms with E-state index in [1.165, 1.54) is 0 Å². The molecular weight excluding hydrogens is 318 g/mol. The number of ether oxygens (including phenoxy) is 2. The third-order valence-corrected chi connectivity index (χ3v) is 4.69. The molecule has 1 saturated heterocycles. The van der Waals surface area contributed by atoms with Gasteiger partial charge < -0.3 is 20.1 Å². The van der Waals surface area contributed by atoms with Crippen molar-refractivity contribution in [2.45, 2.75) is 26.3 Å². The maximum absolute atomic E-state index is 12.5. The zero-order valence-corrected chi connectivity index (χ0v) is 15.2. The van der Waals surface area contributed by atoms with Crippen molar-refractivity contribution in [3.05, 3.63) is 23.8 Å². The maximum atomic E-state index is 12.5. The van der Waals surface area contributed by atoms with E-state index in [9.17, 15) is 4.79 Å². The molecule has 2 aliphatic rings. The van der Waals surface area contributed by atoms with E-state index in [1.54, 1.807) is 0 Å². The fourth-order valence-corrected chi connectivity index (χ4v) is 3.30. The van der Waals surface area contributed by atoms with Crippen molar-refractivity contribution in [1.82, 2.24) is 15.5 Å². The molecule has 0 bridgehead atoms. The molecule has 138 valence electrons. The lowest BCUT2D eigenvalue weighted by molar-refractivity contribution is -0.123. The number of rotatable bonds is 5. The van der Waals surface area contributed by atoms with Crippen LogP contribution in [0.2, 0.25) is 0 Å². The molecule has 2 aliphatic heterocycles. The van der Waals surface area contributed by atoms with Crippen LogP contribution in [-0.4, -0.2) is 56.7 Å². The van der Waals surface area contributed by atoms with Crippen LogP contribution in [0.25, 0.3) is 0 Å². The minimum Gasteiger partial charge on any atom is -0.490 e. The molecule has 25 heavy (non-hydrogen) atoms. The summed E-state index contributed by atoms with van der Waals surface area (Å²) in [6.07, 6.45) is 0.888. The SMILES string of the molecule is CC(C)C(NC(=O)CN1CCNCC1)c1ccc2c(c1)OCCCO2. The van der Waals surface area contributed by atoms with E-state index in [0.29, 0.717) is 19.8 Å². The van der Waals surface area contributed by atoms with Gasteiger partial charge in [-0.3, -0.25) is 9.69 Å². The first-order valence-corrected chi connectivity index (χ1v) is 9.25. The largest absolute Gasteiger partial charge is 0.490 e. The molecular formula is C19H29N3O3. The van der Waals surface area contributed by atoms with Crippen molar-refractivity contribution in [1.29, 1.82) is 0 Å². The van der Waals surface area contributed by atoms with Gasteiger partial charge in [-0.25, -0.2) is 0 Å². The highest BCUT2D eigenvalue weighted by Gasteiger charge is 2.22. The fourth-order valence-electron chi connectivity index (χ4n) is 3.30. The van der Waals surface area contributed by atoms with Gasteiger partial charge in [-0.2, -0.15) is 0 Å². The van der Waals surface area contributed by atoms with Crippen LogP contribution in [0, 0.1) is 5.92 Å². The second kappa shape index (κ2) is 8.54. The Morgan fingerprint density at radius 2 is 1.92 bits per heavy atom. The Bertz CT molecular complexity index is 585. The molecule has 6 heteroatoms. The number of amides is 1. The predicted octanol–water partition coefficient (Wildman–Crippen LogP) is 1.57. The summed E-state index contributed by atoms with van der Waals surface area (Å²) in [6.45, 7) is 9.78. The standard InChI is InChI=1S/C19H29N3O3/c1-14(2)19(21-18(23)13-22-8-6-20-7-9-22)15-4-5-16-17(12-15)25-11-3-10-24-16/h4-5,12,14,19-20H,3,6-11,13H2,1-2H3,(H,21,23). The van der Waals surface area contributed by atoms with Gasteiger partial charge in [0, 0.05) is 32.6 Å². The topological polar surface area (TPSA) is 62.8 Å². The number of hydrogen-bond acceptors (Lipinski definition) is 5. The molecule has 1 amide bonds. The summed E-state index contributed by atoms with van der Waals surface area (Å²) in [5, 5.41) is 6.51. The molecule has 6 nitrogen and oxygen atoms in total. The number of piperazine rings is 1. The van der Waals surface area contributed by atoms with Crippen molar-refractivity contribution in [3.8, 4) is 11.5 Å². The highest BCUT2D eigenvalue weighted by molar-refractivity contribution is 5.78. The molecule has 1 fully saturated rings. The first-order valence-electron chi connectivity index (χ1n) is 9.25. The minimum absolute atomic E-state index is 0.0347. The van der Waals surface area contributed by atoms with Gasteiger partial charge in [-0.15, -0.1) is 0 Å². The van der Waals surface area contributed by atoms with Gasteiger partial charge in [0.25, 0.3) is 0 Å². The van der Waals surface area contributed by atoms with Crippen LogP contribution in [-0.2, 0) is 4.79 Å². The smallest absolute Gasteiger partial charge is 0.234 e. The number of fused-ring (bicyclic) bond motifs is 1. The lowest BCUT2D eigenvalue weighted by atomic mass is 9.95. The summed E-state index contributed by atoms with van der Waals surface area (Å²) in [6, 6.07) is 5.96. The third-order valence-electron chi connectivity index (χ3n) is 4.69. The van der Waals surface area contributed by atoms with Gasteiger partial charge >= 0.3 is 0 Å². The molecule has 2 heterocycles. The normalized spacial score (nSPS) is 19.3. The van der Waals surface area contributed by atoms with Crippen LogP contribution in [0.4, 0.5) is 0 Å². The Kier molecular flexibility index (Phi) is 6.15. The zero-order chi connectivity index (χ0) is 17.6. The molecule has 0 saturated carbocycles. The molecule has 0 aromatic heterocycles. The number of nitrogens with one attached hydrogen (secondary N) is 2. The molecule has 2 N–H and O–H groups in total. The van der Waals surface area contributed by atoms with Gasteiger partial charge in [0.2, 0.25) is 5.91 Å². The number of hydrogen-bond donors (Lipinski definition) is 2. The Morgan fingerprint density at radius 3 is 2.64 bits per heavy atom. The van der Waals surface area contributed by atoms with Crippen LogP contribution < -0.4 is 20.1 Å². The van der Waals surface area contributed by atoms with E-state index in [1.807, 2.05) is 18.2 Å². The average molecular weight is 347 g/mol.